The zero-order valence-corrected chi connectivity index (χ0v) is 13.4. The van der Waals surface area contributed by atoms with E-state index in [0.29, 0.717) is 5.56 Å². The second-order valence-corrected chi connectivity index (χ2v) is 6.97. The zero-order valence-electron chi connectivity index (χ0n) is 11.0. The van der Waals surface area contributed by atoms with Crippen molar-refractivity contribution in [1.29, 1.82) is 0 Å². The molecule has 1 atom stereocenters. The molecule has 0 radical (unpaired) electrons. The first-order chi connectivity index (χ1) is 9.81. The van der Waals surface area contributed by atoms with E-state index in [4.69, 9.17) is 5.73 Å². The van der Waals surface area contributed by atoms with Crippen molar-refractivity contribution < 1.29 is 12.8 Å². The Kier molecular flexibility index (Phi) is 4.60. The van der Waals surface area contributed by atoms with E-state index in [9.17, 15) is 12.8 Å². The number of hydrogen-bond acceptors (Lipinski definition) is 4. The zero-order chi connectivity index (χ0) is 15.6. The Balaban J connectivity index is 2.33. The SMILES string of the molecule is CC(NS(=O)(=O)c1cc(N)c(F)cc1Br)c1cccnc1. The van der Waals surface area contributed by atoms with Crippen LogP contribution in [0.4, 0.5) is 10.1 Å². The van der Waals surface area contributed by atoms with E-state index in [0.717, 1.165) is 12.1 Å². The topological polar surface area (TPSA) is 85.1 Å². The van der Waals surface area contributed by atoms with Gasteiger partial charge in [-0.15, -0.1) is 0 Å². The first kappa shape index (κ1) is 15.9. The molecule has 0 fully saturated rings. The highest BCUT2D eigenvalue weighted by Crippen LogP contribution is 2.27. The number of anilines is 1. The molecule has 0 aliphatic rings. The molecule has 0 aliphatic carbocycles. The molecule has 0 saturated heterocycles. The molecule has 2 aromatic rings. The Morgan fingerprint density at radius 3 is 2.76 bits per heavy atom. The van der Waals surface area contributed by atoms with Crippen molar-refractivity contribution in [3.63, 3.8) is 0 Å². The van der Waals surface area contributed by atoms with Gasteiger partial charge in [0.05, 0.1) is 10.6 Å². The molecule has 112 valence electrons. The molecular weight excluding hydrogens is 361 g/mol. The van der Waals surface area contributed by atoms with Crippen LogP contribution in [-0.4, -0.2) is 13.4 Å². The van der Waals surface area contributed by atoms with Crippen LogP contribution >= 0.6 is 15.9 Å². The van der Waals surface area contributed by atoms with Crippen molar-refractivity contribution in [2.75, 3.05) is 5.73 Å². The van der Waals surface area contributed by atoms with Gasteiger partial charge in [0.15, 0.2) is 0 Å². The van der Waals surface area contributed by atoms with Crippen LogP contribution in [0, 0.1) is 5.82 Å². The second-order valence-electron chi connectivity index (χ2n) is 4.43. The van der Waals surface area contributed by atoms with Gasteiger partial charge in [0.1, 0.15) is 5.82 Å². The highest BCUT2D eigenvalue weighted by Gasteiger charge is 2.22. The molecule has 0 bridgehead atoms. The summed E-state index contributed by atoms with van der Waals surface area (Å²) >= 11 is 3.04. The molecule has 0 amide bonds. The molecule has 1 unspecified atom stereocenters. The van der Waals surface area contributed by atoms with E-state index in [1.807, 2.05) is 0 Å². The van der Waals surface area contributed by atoms with Gasteiger partial charge in [-0.3, -0.25) is 4.98 Å². The summed E-state index contributed by atoms with van der Waals surface area (Å²) in [4.78, 5) is 3.82. The second kappa shape index (κ2) is 6.08. The molecule has 0 aliphatic heterocycles. The third-order valence-corrected chi connectivity index (χ3v) is 5.36. The Bertz CT molecular complexity index is 754. The molecule has 2 rings (SSSR count). The number of pyridine rings is 1. The summed E-state index contributed by atoms with van der Waals surface area (Å²) in [7, 11) is -3.85. The predicted octanol–water partition coefficient (Wildman–Crippen LogP) is 2.60. The number of halogens is 2. The molecule has 3 N–H and O–H groups in total. The molecule has 1 aromatic carbocycles. The van der Waals surface area contributed by atoms with E-state index in [2.05, 4.69) is 25.6 Å². The summed E-state index contributed by atoms with van der Waals surface area (Å²) in [5.41, 5.74) is 5.92. The summed E-state index contributed by atoms with van der Waals surface area (Å²) in [5, 5.41) is 0. The molecule has 21 heavy (non-hydrogen) atoms. The lowest BCUT2D eigenvalue weighted by Gasteiger charge is -2.15. The Labute approximate surface area is 130 Å². The molecule has 1 heterocycles. The Hall–Kier alpha value is -1.51. The number of nitrogens with two attached hydrogens (primary N) is 1. The average Bonchev–Trinajstić information content (AvgIpc) is 2.43. The van der Waals surface area contributed by atoms with E-state index < -0.39 is 21.9 Å². The van der Waals surface area contributed by atoms with Crippen molar-refractivity contribution >= 4 is 31.6 Å². The minimum Gasteiger partial charge on any atom is -0.396 e. The summed E-state index contributed by atoms with van der Waals surface area (Å²) < 4.78 is 40.6. The van der Waals surface area contributed by atoms with Crippen LogP contribution in [0.25, 0.3) is 0 Å². The summed E-state index contributed by atoms with van der Waals surface area (Å²) in [6.07, 6.45) is 3.17. The van der Waals surface area contributed by atoms with Gasteiger partial charge < -0.3 is 5.73 Å². The van der Waals surface area contributed by atoms with Crippen LogP contribution < -0.4 is 10.5 Å². The number of nitrogen functional groups attached to an aromatic ring is 1. The fourth-order valence-corrected chi connectivity index (χ4v) is 4.03. The first-order valence-electron chi connectivity index (χ1n) is 5.98. The molecule has 0 saturated carbocycles. The van der Waals surface area contributed by atoms with Crippen LogP contribution in [0.1, 0.15) is 18.5 Å². The van der Waals surface area contributed by atoms with Gasteiger partial charge in [-0.05, 0) is 46.6 Å². The van der Waals surface area contributed by atoms with Crippen molar-refractivity contribution in [2.24, 2.45) is 0 Å². The molecule has 8 heteroatoms. The molecule has 1 aromatic heterocycles. The Morgan fingerprint density at radius 1 is 1.43 bits per heavy atom. The average molecular weight is 374 g/mol. The normalized spacial score (nSPS) is 13.1. The van der Waals surface area contributed by atoms with E-state index in [1.165, 1.54) is 0 Å². The summed E-state index contributed by atoms with van der Waals surface area (Å²) in [5.74, 6) is -0.680. The number of aromatic nitrogens is 1. The number of rotatable bonds is 4. The van der Waals surface area contributed by atoms with Gasteiger partial charge >= 0.3 is 0 Å². The number of nitrogens with zero attached hydrogens (tertiary/aromatic N) is 1. The van der Waals surface area contributed by atoms with Crippen LogP contribution in [0.15, 0.2) is 46.0 Å². The van der Waals surface area contributed by atoms with E-state index >= 15 is 0 Å². The number of benzene rings is 1. The van der Waals surface area contributed by atoms with Crippen LogP contribution in [0.3, 0.4) is 0 Å². The fourth-order valence-electron chi connectivity index (χ4n) is 1.75. The van der Waals surface area contributed by atoms with Gasteiger partial charge in [0.25, 0.3) is 0 Å². The van der Waals surface area contributed by atoms with Crippen molar-refractivity contribution in [3.8, 4) is 0 Å². The van der Waals surface area contributed by atoms with Gasteiger partial charge in [-0.1, -0.05) is 6.07 Å². The molecule has 0 spiro atoms. The lowest BCUT2D eigenvalue weighted by molar-refractivity contribution is 0.565. The third-order valence-electron chi connectivity index (χ3n) is 2.86. The molecular formula is C13H13BrFN3O2S. The maximum atomic E-state index is 13.3. The highest BCUT2D eigenvalue weighted by molar-refractivity contribution is 9.10. The van der Waals surface area contributed by atoms with Crippen molar-refractivity contribution in [3.05, 3.63) is 52.5 Å². The van der Waals surface area contributed by atoms with Gasteiger partial charge in [0, 0.05) is 22.9 Å². The summed E-state index contributed by atoms with van der Waals surface area (Å²) in [6, 6.07) is 5.10. The monoisotopic (exact) mass is 373 g/mol. The maximum Gasteiger partial charge on any atom is 0.242 e. The minimum absolute atomic E-state index is 0.111. The van der Waals surface area contributed by atoms with Crippen molar-refractivity contribution in [1.82, 2.24) is 9.71 Å². The van der Waals surface area contributed by atoms with Gasteiger partial charge in [-0.2, -0.15) is 0 Å². The van der Waals surface area contributed by atoms with E-state index in [1.54, 1.807) is 31.5 Å². The van der Waals surface area contributed by atoms with Crippen molar-refractivity contribution in [2.45, 2.75) is 17.9 Å². The van der Waals surface area contributed by atoms with Crippen LogP contribution in [0.2, 0.25) is 0 Å². The fraction of sp³-hybridized carbons (Fsp3) is 0.154. The predicted molar refractivity (Wildman–Crippen MR) is 81.5 cm³/mol. The van der Waals surface area contributed by atoms with E-state index in [-0.39, 0.29) is 15.1 Å². The first-order valence-corrected chi connectivity index (χ1v) is 8.25. The lowest BCUT2D eigenvalue weighted by atomic mass is 10.2. The third kappa shape index (κ3) is 3.58. The maximum absolute atomic E-state index is 13.3. The number of nitrogens with one attached hydrogen (secondary N) is 1. The largest absolute Gasteiger partial charge is 0.396 e. The standard InChI is InChI=1S/C13H13BrFN3O2S/c1-8(9-3-2-4-17-7-9)18-21(19,20)13-6-12(16)11(15)5-10(13)14/h2-8,18H,16H2,1H3. The number of sulfonamides is 1. The molecule has 5 nitrogen and oxygen atoms in total. The highest BCUT2D eigenvalue weighted by atomic mass is 79.9. The van der Waals surface area contributed by atoms with Gasteiger partial charge in [0.2, 0.25) is 10.0 Å². The Morgan fingerprint density at radius 2 is 2.14 bits per heavy atom. The van der Waals surface area contributed by atoms with Crippen LogP contribution in [-0.2, 0) is 10.0 Å². The minimum atomic E-state index is -3.85. The number of hydrogen-bond donors (Lipinski definition) is 2. The smallest absolute Gasteiger partial charge is 0.242 e. The van der Waals surface area contributed by atoms with Crippen LogP contribution in [0.5, 0.6) is 0 Å². The van der Waals surface area contributed by atoms with Gasteiger partial charge in [-0.25, -0.2) is 17.5 Å². The summed E-state index contributed by atoms with van der Waals surface area (Å²) in [6.45, 7) is 1.69. The quantitative estimate of drug-likeness (QED) is 0.806. The lowest BCUT2D eigenvalue weighted by Crippen LogP contribution is -2.27.